The molecule has 1 aliphatic rings. The average molecular weight is 172 g/mol. The van der Waals surface area contributed by atoms with Crippen molar-refractivity contribution in [2.75, 3.05) is 0 Å². The molecule has 0 atom stereocenters. The van der Waals surface area contributed by atoms with Crippen LogP contribution in [0.4, 0.5) is 0 Å². The molecule has 0 saturated heterocycles. The minimum absolute atomic E-state index is 0.911. The summed E-state index contributed by atoms with van der Waals surface area (Å²) in [5.41, 5.74) is 2.75. The summed E-state index contributed by atoms with van der Waals surface area (Å²) in [5.74, 6) is 2.66. The van der Waals surface area contributed by atoms with Gasteiger partial charge in [0.1, 0.15) is 0 Å². The Morgan fingerprint density at radius 2 is 2.31 bits per heavy atom. The molecule has 0 N–H and O–H groups in total. The SMILES string of the molecule is C#CCCCCC=C1C=CC=C1C. The summed E-state index contributed by atoms with van der Waals surface area (Å²) in [5, 5.41) is 0. The fourth-order valence-electron chi connectivity index (χ4n) is 1.38. The third-order valence-electron chi connectivity index (χ3n) is 2.22. The molecule has 0 spiro atoms. The quantitative estimate of drug-likeness (QED) is 0.449. The summed E-state index contributed by atoms with van der Waals surface area (Å²) >= 11 is 0. The second kappa shape index (κ2) is 5.43. The van der Waals surface area contributed by atoms with Crippen molar-refractivity contribution in [3.05, 3.63) is 35.5 Å². The van der Waals surface area contributed by atoms with Crippen molar-refractivity contribution in [2.24, 2.45) is 0 Å². The van der Waals surface area contributed by atoms with Gasteiger partial charge >= 0.3 is 0 Å². The smallest absolute Gasteiger partial charge is 0.00861 e. The standard InChI is InChI=1S/C13H16/c1-3-4-5-6-7-10-13-11-8-9-12(13)2/h1,8-11H,4-7H2,2H3. The Hall–Kier alpha value is -1.22. The molecule has 0 aromatic heterocycles. The van der Waals surface area contributed by atoms with Crippen LogP contribution in [-0.4, -0.2) is 0 Å². The van der Waals surface area contributed by atoms with Crippen LogP contribution in [0.3, 0.4) is 0 Å². The third kappa shape index (κ3) is 3.34. The summed E-state index contributed by atoms with van der Waals surface area (Å²) in [4.78, 5) is 0. The lowest BCUT2D eigenvalue weighted by Gasteiger charge is -1.97. The Labute approximate surface area is 81.0 Å². The zero-order valence-corrected chi connectivity index (χ0v) is 8.22. The minimum atomic E-state index is 0.911. The Morgan fingerprint density at radius 1 is 1.46 bits per heavy atom. The molecule has 68 valence electrons. The molecule has 0 saturated carbocycles. The molecule has 1 aliphatic carbocycles. The molecule has 0 aromatic carbocycles. The van der Waals surface area contributed by atoms with Gasteiger partial charge in [-0.25, -0.2) is 0 Å². The molecule has 0 nitrogen and oxygen atoms in total. The summed E-state index contributed by atoms with van der Waals surface area (Å²) in [6.45, 7) is 2.15. The van der Waals surface area contributed by atoms with Gasteiger partial charge in [0.25, 0.3) is 0 Å². The van der Waals surface area contributed by atoms with Crippen LogP contribution in [0.5, 0.6) is 0 Å². The van der Waals surface area contributed by atoms with Crippen molar-refractivity contribution in [3.8, 4) is 12.3 Å². The van der Waals surface area contributed by atoms with Gasteiger partial charge in [-0.15, -0.1) is 12.3 Å². The van der Waals surface area contributed by atoms with Gasteiger partial charge in [0.15, 0.2) is 0 Å². The first-order valence-corrected chi connectivity index (χ1v) is 4.83. The molecule has 1 rings (SSSR count). The first kappa shape index (κ1) is 9.86. The Balaban J connectivity index is 2.22. The lowest BCUT2D eigenvalue weighted by Crippen LogP contribution is -1.78. The van der Waals surface area contributed by atoms with Crippen molar-refractivity contribution < 1.29 is 0 Å². The van der Waals surface area contributed by atoms with Crippen molar-refractivity contribution in [1.29, 1.82) is 0 Å². The lowest BCUT2D eigenvalue weighted by atomic mass is 10.1. The van der Waals surface area contributed by atoms with Crippen LogP contribution in [0.1, 0.15) is 32.6 Å². The van der Waals surface area contributed by atoms with Gasteiger partial charge in [-0.3, -0.25) is 0 Å². The molecule has 0 radical (unpaired) electrons. The number of terminal acetylenes is 1. The summed E-state index contributed by atoms with van der Waals surface area (Å²) in [6.07, 6.45) is 18.3. The number of unbranched alkanes of at least 4 members (excludes halogenated alkanes) is 3. The normalized spacial score (nSPS) is 17.5. The number of hydrogen-bond acceptors (Lipinski definition) is 0. The molecule has 0 unspecified atom stereocenters. The second-order valence-electron chi connectivity index (χ2n) is 3.32. The molecular formula is C13H16. The maximum atomic E-state index is 5.17. The highest BCUT2D eigenvalue weighted by atomic mass is 14.0. The van der Waals surface area contributed by atoms with E-state index < -0.39 is 0 Å². The van der Waals surface area contributed by atoms with E-state index in [0.717, 1.165) is 19.3 Å². The van der Waals surface area contributed by atoms with Crippen molar-refractivity contribution in [2.45, 2.75) is 32.6 Å². The molecule has 0 fully saturated rings. The van der Waals surface area contributed by atoms with Crippen LogP contribution in [0.2, 0.25) is 0 Å². The fraction of sp³-hybridized carbons (Fsp3) is 0.385. The van der Waals surface area contributed by atoms with Crippen molar-refractivity contribution in [1.82, 2.24) is 0 Å². The number of allylic oxidation sites excluding steroid dienone is 6. The Kier molecular flexibility index (Phi) is 4.12. The zero-order chi connectivity index (χ0) is 9.52. The van der Waals surface area contributed by atoms with E-state index >= 15 is 0 Å². The highest BCUT2D eigenvalue weighted by Gasteiger charge is 1.98. The minimum Gasteiger partial charge on any atom is -0.120 e. The number of hydrogen-bond donors (Lipinski definition) is 0. The molecule has 0 heteroatoms. The lowest BCUT2D eigenvalue weighted by molar-refractivity contribution is 0.771. The van der Waals surface area contributed by atoms with Gasteiger partial charge in [-0.05, 0) is 37.3 Å². The summed E-state index contributed by atoms with van der Waals surface area (Å²) in [7, 11) is 0. The van der Waals surface area contributed by atoms with Crippen LogP contribution in [0, 0.1) is 12.3 Å². The fourth-order valence-corrected chi connectivity index (χ4v) is 1.38. The topological polar surface area (TPSA) is 0 Å². The van der Waals surface area contributed by atoms with Gasteiger partial charge in [0.05, 0.1) is 0 Å². The van der Waals surface area contributed by atoms with Gasteiger partial charge in [0, 0.05) is 6.42 Å². The van der Waals surface area contributed by atoms with E-state index in [1.54, 1.807) is 0 Å². The highest BCUT2D eigenvalue weighted by molar-refractivity contribution is 5.46. The van der Waals surface area contributed by atoms with Crippen molar-refractivity contribution >= 4 is 0 Å². The molecule has 13 heavy (non-hydrogen) atoms. The summed E-state index contributed by atoms with van der Waals surface area (Å²) in [6, 6.07) is 0. The molecule has 0 amide bonds. The van der Waals surface area contributed by atoms with Gasteiger partial charge in [0.2, 0.25) is 0 Å². The van der Waals surface area contributed by atoms with Gasteiger partial charge in [-0.1, -0.05) is 24.3 Å². The van der Waals surface area contributed by atoms with E-state index in [0.29, 0.717) is 0 Å². The van der Waals surface area contributed by atoms with E-state index in [1.165, 1.54) is 17.6 Å². The van der Waals surface area contributed by atoms with Gasteiger partial charge < -0.3 is 0 Å². The third-order valence-corrected chi connectivity index (χ3v) is 2.22. The maximum Gasteiger partial charge on any atom is 0.00861 e. The van der Waals surface area contributed by atoms with E-state index in [4.69, 9.17) is 6.42 Å². The molecule has 0 bridgehead atoms. The van der Waals surface area contributed by atoms with Gasteiger partial charge in [-0.2, -0.15) is 0 Å². The first-order chi connectivity index (χ1) is 6.34. The Bertz CT molecular complexity index is 282. The average Bonchev–Trinajstić information content (AvgIpc) is 2.52. The predicted octanol–water partition coefficient (Wildman–Crippen LogP) is 3.62. The van der Waals surface area contributed by atoms with Crippen LogP contribution in [0.15, 0.2) is 35.5 Å². The van der Waals surface area contributed by atoms with E-state index in [2.05, 4.69) is 37.1 Å². The van der Waals surface area contributed by atoms with E-state index in [9.17, 15) is 0 Å². The largest absolute Gasteiger partial charge is 0.120 e. The first-order valence-electron chi connectivity index (χ1n) is 4.83. The van der Waals surface area contributed by atoms with Crippen LogP contribution in [-0.2, 0) is 0 Å². The molecular weight excluding hydrogens is 156 g/mol. The molecule has 0 aromatic rings. The molecule has 0 aliphatic heterocycles. The number of rotatable bonds is 4. The predicted molar refractivity (Wildman–Crippen MR) is 58.3 cm³/mol. The summed E-state index contributed by atoms with van der Waals surface area (Å²) < 4.78 is 0. The Morgan fingerprint density at radius 3 is 2.92 bits per heavy atom. The van der Waals surface area contributed by atoms with Crippen LogP contribution in [0.25, 0.3) is 0 Å². The zero-order valence-electron chi connectivity index (χ0n) is 8.22. The van der Waals surface area contributed by atoms with E-state index in [1.807, 2.05) is 0 Å². The van der Waals surface area contributed by atoms with E-state index in [-0.39, 0.29) is 0 Å². The highest BCUT2D eigenvalue weighted by Crippen LogP contribution is 2.18. The molecule has 0 heterocycles. The van der Waals surface area contributed by atoms with Crippen LogP contribution >= 0.6 is 0 Å². The van der Waals surface area contributed by atoms with Crippen LogP contribution < -0.4 is 0 Å². The van der Waals surface area contributed by atoms with Crippen molar-refractivity contribution in [3.63, 3.8) is 0 Å². The monoisotopic (exact) mass is 172 g/mol. The second-order valence-corrected chi connectivity index (χ2v) is 3.32. The maximum absolute atomic E-state index is 5.17.